The molecule has 5 nitrogen and oxygen atoms in total. The molecule has 0 bridgehead atoms. The molecule has 2 aromatic rings. The Morgan fingerprint density at radius 2 is 2.04 bits per heavy atom. The maximum absolute atomic E-state index is 12.2. The quantitative estimate of drug-likeness (QED) is 0.786. The molecule has 2 aliphatic heterocycles. The second-order valence-corrected chi connectivity index (χ2v) is 7.93. The Hall–Kier alpha value is -2.38. The van der Waals surface area contributed by atoms with E-state index >= 15 is 0 Å². The molecule has 1 saturated heterocycles. The van der Waals surface area contributed by atoms with Crippen LogP contribution in [0.4, 0.5) is 17.1 Å². The number of hydrogen-bond donors (Lipinski definition) is 2. The van der Waals surface area contributed by atoms with Crippen LogP contribution in [0.25, 0.3) is 0 Å². The van der Waals surface area contributed by atoms with Crippen molar-refractivity contribution in [3.63, 3.8) is 0 Å². The van der Waals surface area contributed by atoms with E-state index in [1.165, 1.54) is 28.4 Å². The van der Waals surface area contributed by atoms with Gasteiger partial charge >= 0.3 is 0 Å². The number of anilines is 3. The normalized spacial score (nSPS) is 16.9. The van der Waals surface area contributed by atoms with Gasteiger partial charge in [0.05, 0.1) is 22.2 Å². The van der Waals surface area contributed by atoms with E-state index in [1.807, 2.05) is 24.3 Å². The van der Waals surface area contributed by atoms with Crippen LogP contribution in [0.5, 0.6) is 0 Å². The van der Waals surface area contributed by atoms with Crippen molar-refractivity contribution in [1.82, 2.24) is 5.32 Å². The fourth-order valence-electron chi connectivity index (χ4n) is 2.98. The predicted octanol–water partition coefficient (Wildman–Crippen LogP) is 3.95. The average molecular weight is 383 g/mol. The lowest BCUT2D eigenvalue weighted by atomic mass is 10.2. The molecule has 2 aliphatic rings. The molecule has 132 valence electrons. The van der Waals surface area contributed by atoms with Crippen LogP contribution >= 0.6 is 23.5 Å². The van der Waals surface area contributed by atoms with E-state index in [0.717, 1.165) is 22.8 Å². The van der Waals surface area contributed by atoms with Crippen molar-refractivity contribution in [1.29, 1.82) is 0 Å². The van der Waals surface area contributed by atoms with Crippen molar-refractivity contribution in [2.75, 3.05) is 22.5 Å². The molecule has 2 aromatic carbocycles. The minimum absolute atomic E-state index is 0.0717. The van der Waals surface area contributed by atoms with Gasteiger partial charge in [0.25, 0.3) is 5.91 Å². The lowest BCUT2D eigenvalue weighted by Crippen LogP contribution is -2.20. The van der Waals surface area contributed by atoms with Gasteiger partial charge in [0.15, 0.2) is 0 Å². The summed E-state index contributed by atoms with van der Waals surface area (Å²) >= 11 is 3.04. The van der Waals surface area contributed by atoms with Crippen LogP contribution < -0.4 is 15.5 Å². The van der Waals surface area contributed by atoms with Crippen molar-refractivity contribution in [2.24, 2.45) is 0 Å². The Morgan fingerprint density at radius 1 is 1.23 bits per heavy atom. The Labute approximate surface area is 160 Å². The summed E-state index contributed by atoms with van der Waals surface area (Å²) in [5, 5.41) is 6.13. The SMILES string of the molecule is CCN1c2ccccc2Sc2cc(NC(=O)C=C3NC(=O)CS3)ccc21. The van der Waals surface area contributed by atoms with E-state index in [4.69, 9.17) is 0 Å². The Kier molecular flexibility index (Phi) is 4.65. The van der Waals surface area contributed by atoms with Gasteiger partial charge in [-0.05, 0) is 37.3 Å². The molecule has 0 atom stereocenters. The third-order valence-corrected chi connectivity index (χ3v) is 6.14. The van der Waals surface area contributed by atoms with Crippen LogP contribution in [-0.4, -0.2) is 24.1 Å². The Morgan fingerprint density at radius 3 is 2.81 bits per heavy atom. The highest BCUT2D eigenvalue weighted by molar-refractivity contribution is 8.04. The summed E-state index contributed by atoms with van der Waals surface area (Å²) in [6.45, 7) is 3.01. The number of para-hydroxylation sites is 1. The smallest absolute Gasteiger partial charge is 0.250 e. The van der Waals surface area contributed by atoms with Crippen molar-refractivity contribution in [3.05, 3.63) is 53.6 Å². The minimum Gasteiger partial charge on any atom is -0.340 e. The molecule has 1 fully saturated rings. The largest absolute Gasteiger partial charge is 0.340 e. The number of thioether (sulfide) groups is 1. The van der Waals surface area contributed by atoms with E-state index in [0.29, 0.717) is 10.8 Å². The number of carbonyl (C=O) groups is 2. The highest BCUT2D eigenvalue weighted by atomic mass is 32.2. The van der Waals surface area contributed by atoms with E-state index < -0.39 is 0 Å². The van der Waals surface area contributed by atoms with Crippen LogP contribution in [0.2, 0.25) is 0 Å². The Bertz CT molecular complexity index is 927. The number of amides is 2. The first-order valence-electron chi connectivity index (χ1n) is 8.28. The van der Waals surface area contributed by atoms with Gasteiger partial charge in [0.2, 0.25) is 5.91 Å². The average Bonchev–Trinajstić information content (AvgIpc) is 3.04. The molecule has 2 N–H and O–H groups in total. The maximum Gasteiger partial charge on any atom is 0.250 e. The second kappa shape index (κ2) is 7.09. The summed E-state index contributed by atoms with van der Waals surface area (Å²) in [5.41, 5.74) is 3.09. The Balaban J connectivity index is 1.56. The lowest BCUT2D eigenvalue weighted by molar-refractivity contribution is -0.117. The summed E-state index contributed by atoms with van der Waals surface area (Å²) in [6.07, 6.45) is 1.43. The van der Waals surface area contributed by atoms with E-state index in [9.17, 15) is 9.59 Å². The van der Waals surface area contributed by atoms with E-state index in [2.05, 4.69) is 40.7 Å². The topological polar surface area (TPSA) is 61.4 Å². The first kappa shape index (κ1) is 17.1. The number of hydrogen-bond acceptors (Lipinski definition) is 5. The van der Waals surface area contributed by atoms with Gasteiger partial charge in [-0.3, -0.25) is 9.59 Å². The van der Waals surface area contributed by atoms with Gasteiger partial charge in [-0.1, -0.05) is 35.7 Å². The summed E-state index contributed by atoms with van der Waals surface area (Å²) in [4.78, 5) is 28.0. The lowest BCUT2D eigenvalue weighted by Gasteiger charge is -2.32. The summed E-state index contributed by atoms with van der Waals surface area (Å²) in [6, 6.07) is 14.3. The van der Waals surface area contributed by atoms with Crippen LogP contribution in [0.15, 0.2) is 63.4 Å². The molecule has 2 heterocycles. The maximum atomic E-state index is 12.2. The van der Waals surface area contributed by atoms with Crippen molar-refractivity contribution < 1.29 is 9.59 Å². The van der Waals surface area contributed by atoms with Crippen LogP contribution in [-0.2, 0) is 9.59 Å². The van der Waals surface area contributed by atoms with Crippen LogP contribution in [0.1, 0.15) is 6.92 Å². The van der Waals surface area contributed by atoms with Gasteiger partial charge in [0.1, 0.15) is 0 Å². The fourth-order valence-corrected chi connectivity index (χ4v) is 4.85. The first-order valence-corrected chi connectivity index (χ1v) is 10.1. The number of benzene rings is 2. The molecule has 0 aromatic heterocycles. The molecule has 26 heavy (non-hydrogen) atoms. The minimum atomic E-state index is -0.247. The van der Waals surface area contributed by atoms with Crippen molar-refractivity contribution >= 4 is 52.4 Å². The standard InChI is InChI=1S/C19H17N3O2S2/c1-2-22-13-5-3-4-6-15(13)26-16-9-12(7-8-14(16)22)20-17(23)10-19-21-18(24)11-25-19/h3-10H,2,11H2,1H3,(H,20,23)(H,21,24). The number of rotatable bonds is 3. The van der Waals surface area contributed by atoms with Gasteiger partial charge < -0.3 is 15.5 Å². The number of fused-ring (bicyclic) bond motifs is 2. The van der Waals surface area contributed by atoms with Crippen LogP contribution in [0, 0.1) is 0 Å². The van der Waals surface area contributed by atoms with Crippen molar-refractivity contribution in [2.45, 2.75) is 16.7 Å². The molecular formula is C19H17N3O2S2. The van der Waals surface area contributed by atoms with Gasteiger partial charge in [0, 0.05) is 28.1 Å². The molecule has 0 aliphatic carbocycles. The fraction of sp³-hybridized carbons (Fsp3) is 0.158. The number of nitrogens with zero attached hydrogens (tertiary/aromatic N) is 1. The zero-order chi connectivity index (χ0) is 18.1. The molecule has 2 amide bonds. The predicted molar refractivity (Wildman–Crippen MR) is 107 cm³/mol. The third-order valence-electron chi connectivity index (χ3n) is 4.09. The summed E-state index contributed by atoms with van der Waals surface area (Å²) in [7, 11) is 0. The zero-order valence-electron chi connectivity index (χ0n) is 14.1. The molecule has 7 heteroatoms. The van der Waals surface area contributed by atoms with Gasteiger partial charge in [-0.15, -0.1) is 0 Å². The molecule has 4 rings (SSSR count). The summed E-state index contributed by atoms with van der Waals surface area (Å²) < 4.78 is 0. The molecule has 0 spiro atoms. The first-order chi connectivity index (χ1) is 12.6. The molecule has 0 radical (unpaired) electrons. The van der Waals surface area contributed by atoms with Crippen LogP contribution in [0.3, 0.4) is 0 Å². The monoisotopic (exact) mass is 383 g/mol. The third kappa shape index (κ3) is 3.32. The van der Waals surface area contributed by atoms with Crippen molar-refractivity contribution in [3.8, 4) is 0 Å². The van der Waals surface area contributed by atoms with E-state index in [-0.39, 0.29) is 11.8 Å². The zero-order valence-corrected chi connectivity index (χ0v) is 15.7. The number of carbonyl (C=O) groups excluding carboxylic acids is 2. The van der Waals surface area contributed by atoms with Gasteiger partial charge in [-0.25, -0.2) is 0 Å². The highest BCUT2D eigenvalue weighted by Gasteiger charge is 2.22. The molecule has 0 saturated carbocycles. The molecule has 0 unspecified atom stereocenters. The van der Waals surface area contributed by atoms with Gasteiger partial charge in [-0.2, -0.15) is 0 Å². The highest BCUT2D eigenvalue weighted by Crippen LogP contribution is 2.48. The second-order valence-electron chi connectivity index (χ2n) is 5.83. The molecular weight excluding hydrogens is 366 g/mol. The number of nitrogens with one attached hydrogen (secondary N) is 2. The van der Waals surface area contributed by atoms with E-state index in [1.54, 1.807) is 11.8 Å². The summed E-state index contributed by atoms with van der Waals surface area (Å²) in [5.74, 6) is 0.0432.